The van der Waals surface area contributed by atoms with Gasteiger partial charge in [0.05, 0.1) is 6.42 Å². The van der Waals surface area contributed by atoms with Gasteiger partial charge in [-0.05, 0) is 13.8 Å². The van der Waals surface area contributed by atoms with E-state index in [1.165, 1.54) is 14.4 Å². The van der Waals surface area contributed by atoms with Crippen molar-refractivity contribution < 1.29 is 23.8 Å². The van der Waals surface area contributed by atoms with Gasteiger partial charge in [-0.2, -0.15) is 0 Å². The molecular weight excluding hydrogens is 247 g/mol. The molecule has 19 heavy (non-hydrogen) atoms. The Morgan fingerprint density at radius 1 is 1.05 bits per heavy atom. The third-order valence-electron chi connectivity index (χ3n) is 1.43. The average molecular weight is 277 g/mol. The highest BCUT2D eigenvalue weighted by Gasteiger charge is 2.15. The van der Waals surface area contributed by atoms with Crippen molar-refractivity contribution in [1.82, 2.24) is 0 Å². The van der Waals surface area contributed by atoms with Crippen LogP contribution in [-0.2, 0) is 23.8 Å². The fraction of sp³-hybridized carbons (Fsp3) is 0.769. The van der Waals surface area contributed by atoms with Gasteiger partial charge in [0.2, 0.25) is 0 Å². The quantitative estimate of drug-likeness (QED) is 0.424. The number of Topliss-reactive ketones (excluding diaryl/α,β-unsaturated/α-hetero) is 1. The Morgan fingerprint density at radius 2 is 1.53 bits per heavy atom. The van der Waals surface area contributed by atoms with Gasteiger partial charge in [-0.1, -0.05) is 36.5 Å². The number of ketones is 1. The Hall–Kier alpha value is -1.33. The molecule has 0 N–H and O–H groups in total. The fourth-order valence-corrected chi connectivity index (χ4v) is 0.925. The molecule has 0 fully saturated rings. The van der Waals surface area contributed by atoms with Crippen molar-refractivity contribution in [2.75, 3.05) is 0 Å². The summed E-state index contributed by atoms with van der Waals surface area (Å²) in [5.41, 5.74) is 0. The second-order valence-electron chi connectivity index (χ2n) is 3.11. The van der Waals surface area contributed by atoms with Crippen LogP contribution in [0.5, 0.6) is 0 Å². The molecule has 1 radical (unpaired) electrons. The van der Waals surface area contributed by atoms with E-state index in [0.717, 1.165) is 0 Å². The van der Waals surface area contributed by atoms with Crippen LogP contribution in [-0.4, -0.2) is 31.3 Å². The molecule has 0 aliphatic heterocycles. The van der Waals surface area contributed by atoms with E-state index in [4.69, 9.17) is 4.74 Å². The Bertz CT molecular complexity index is 253. The Morgan fingerprint density at radius 3 is 1.89 bits per heavy atom. The molecule has 0 aromatic heterocycles. The summed E-state index contributed by atoms with van der Waals surface area (Å²) in [7, 11) is 1.26. The molecule has 0 heterocycles. The van der Waals surface area contributed by atoms with Crippen molar-refractivity contribution in [3.63, 3.8) is 0 Å². The van der Waals surface area contributed by atoms with Gasteiger partial charge in [0.1, 0.15) is 18.3 Å². The smallest absolute Gasteiger partial charge is 0.370 e. The molecule has 0 aliphatic rings. The van der Waals surface area contributed by atoms with Gasteiger partial charge in [-0.15, -0.1) is 0 Å². The van der Waals surface area contributed by atoms with Crippen LogP contribution in [0.15, 0.2) is 0 Å². The molecule has 0 rings (SSSR count). The lowest BCUT2D eigenvalue weighted by Gasteiger charge is -2.11. The summed E-state index contributed by atoms with van der Waals surface area (Å²) in [5, 5.41) is 0. The van der Waals surface area contributed by atoms with Crippen molar-refractivity contribution in [1.29, 1.82) is 0 Å². The van der Waals surface area contributed by atoms with E-state index >= 15 is 0 Å². The summed E-state index contributed by atoms with van der Waals surface area (Å²) in [6.07, 6.45) is -0.864. The lowest BCUT2D eigenvalue weighted by molar-refractivity contribution is -0.152. The molecule has 0 aromatic carbocycles. The molecule has 6 heteroatoms. The van der Waals surface area contributed by atoms with Crippen molar-refractivity contribution in [3.8, 4) is 0 Å². The van der Waals surface area contributed by atoms with Crippen molar-refractivity contribution in [3.05, 3.63) is 0 Å². The summed E-state index contributed by atoms with van der Waals surface area (Å²) < 4.78 is 9.36. The summed E-state index contributed by atoms with van der Waals surface area (Å²) in [6, 6.07) is 0. The molecule has 0 saturated heterocycles. The highest BCUT2D eigenvalue weighted by atomic mass is 16.5. The third kappa shape index (κ3) is 19.2. The minimum atomic E-state index is -0.622. The van der Waals surface area contributed by atoms with Crippen LogP contribution in [0, 0.1) is 0 Å². The van der Waals surface area contributed by atoms with Crippen LogP contribution in [0.25, 0.3) is 0 Å². The number of hydrogen-bond acceptors (Lipinski definition) is 5. The van der Waals surface area contributed by atoms with Gasteiger partial charge in [-0.3, -0.25) is 14.4 Å². The molecule has 0 aromatic rings. The average Bonchev–Trinajstić information content (AvgIpc) is 2.00. The normalized spacial score (nSPS) is 9.00. The summed E-state index contributed by atoms with van der Waals surface area (Å²) >= 11 is 0. The van der Waals surface area contributed by atoms with Gasteiger partial charge < -0.3 is 9.39 Å². The second-order valence-corrected chi connectivity index (χ2v) is 3.11. The minimum absolute atomic E-state index is 0. The molecule has 0 saturated carbocycles. The van der Waals surface area contributed by atoms with Gasteiger partial charge in [0, 0.05) is 0 Å². The van der Waals surface area contributed by atoms with E-state index in [1.54, 1.807) is 13.7 Å². The maximum Gasteiger partial charge on any atom is 0.370 e. The van der Waals surface area contributed by atoms with E-state index in [0.29, 0.717) is 0 Å². The van der Waals surface area contributed by atoms with Crippen LogP contribution in [0.1, 0.15) is 56.4 Å². The molecule has 1 atom stereocenters. The first-order valence-corrected chi connectivity index (χ1v) is 4.62. The molecule has 5 nitrogen and oxygen atoms in total. The Balaban J connectivity index is -0.000000163. The van der Waals surface area contributed by atoms with Gasteiger partial charge >= 0.3 is 13.5 Å². The van der Waals surface area contributed by atoms with E-state index in [9.17, 15) is 14.4 Å². The standard InChI is InChI=1S/C9H14BO5.4CH4/c1-6(11)4-8(12)14-7(2)5-9(13)15-10-3;;;;/h7H,4-5H2,1-3H3;4*1H4. The highest BCUT2D eigenvalue weighted by Crippen LogP contribution is 2.01. The first-order chi connectivity index (χ1) is 6.95. The number of ether oxygens (including phenoxy) is 1. The Labute approximate surface area is 119 Å². The number of carbonyl (C=O) groups excluding carboxylic acids is 3. The van der Waals surface area contributed by atoms with Crippen LogP contribution >= 0.6 is 0 Å². The molecular formula is C13H30BO5. The Kier molecular flexibility index (Phi) is 26.8. The van der Waals surface area contributed by atoms with E-state index in [1.807, 2.05) is 0 Å². The van der Waals surface area contributed by atoms with Gasteiger partial charge in [-0.25, -0.2) is 0 Å². The third-order valence-corrected chi connectivity index (χ3v) is 1.43. The summed E-state index contributed by atoms with van der Waals surface area (Å²) in [6.45, 7) is 4.44. The first kappa shape index (κ1) is 30.6. The highest BCUT2D eigenvalue weighted by molar-refractivity contribution is 6.28. The minimum Gasteiger partial charge on any atom is -0.539 e. The van der Waals surface area contributed by atoms with E-state index in [-0.39, 0.29) is 48.3 Å². The lowest BCUT2D eigenvalue weighted by Crippen LogP contribution is -2.21. The lowest BCUT2D eigenvalue weighted by atomic mass is 10.1. The van der Waals surface area contributed by atoms with Gasteiger partial charge in [0.15, 0.2) is 0 Å². The zero-order valence-electron chi connectivity index (χ0n) is 9.11. The molecule has 0 aliphatic carbocycles. The number of carbonyl (C=O) groups is 3. The first-order valence-electron chi connectivity index (χ1n) is 4.62. The zero-order valence-corrected chi connectivity index (χ0v) is 9.11. The van der Waals surface area contributed by atoms with Crippen LogP contribution in [0.2, 0.25) is 6.82 Å². The predicted molar refractivity (Wildman–Crippen MR) is 80.1 cm³/mol. The van der Waals surface area contributed by atoms with Crippen LogP contribution in [0.4, 0.5) is 0 Å². The number of rotatable bonds is 6. The van der Waals surface area contributed by atoms with Crippen LogP contribution < -0.4 is 0 Å². The molecule has 0 bridgehead atoms. The van der Waals surface area contributed by atoms with Crippen molar-refractivity contribution in [2.24, 2.45) is 0 Å². The molecule has 1 unspecified atom stereocenters. The van der Waals surface area contributed by atoms with Crippen molar-refractivity contribution in [2.45, 2.75) is 69.3 Å². The summed E-state index contributed by atoms with van der Waals surface area (Å²) in [4.78, 5) is 32.5. The van der Waals surface area contributed by atoms with Gasteiger partial charge in [0.25, 0.3) is 5.97 Å². The predicted octanol–water partition coefficient (Wildman–Crippen LogP) is 3.04. The molecule has 0 spiro atoms. The number of esters is 1. The molecule has 115 valence electrons. The number of hydrogen-bond donors (Lipinski definition) is 0. The monoisotopic (exact) mass is 277 g/mol. The topological polar surface area (TPSA) is 69.7 Å². The van der Waals surface area contributed by atoms with Crippen molar-refractivity contribution >= 4 is 25.2 Å². The van der Waals surface area contributed by atoms with E-state index < -0.39 is 18.0 Å². The SMILES string of the molecule is C.C.C.C.C[B]OC(=O)CC(C)OC(=O)CC(C)=O. The maximum atomic E-state index is 11.0. The van der Waals surface area contributed by atoms with E-state index in [2.05, 4.69) is 4.65 Å². The maximum absolute atomic E-state index is 11.0. The zero-order chi connectivity index (χ0) is 11.8. The second kappa shape index (κ2) is 16.7. The molecule has 0 amide bonds. The fourth-order valence-electron chi connectivity index (χ4n) is 0.925. The summed E-state index contributed by atoms with van der Waals surface area (Å²) in [5.74, 6) is -1.36. The largest absolute Gasteiger partial charge is 0.539 e. The van der Waals surface area contributed by atoms with Crippen LogP contribution in [0.3, 0.4) is 0 Å².